The second-order valence-electron chi connectivity index (χ2n) is 5.60. The highest BCUT2D eigenvalue weighted by Crippen LogP contribution is 2.35. The van der Waals surface area contributed by atoms with Crippen molar-refractivity contribution in [3.63, 3.8) is 0 Å². The van der Waals surface area contributed by atoms with Crippen LogP contribution >= 0.6 is 0 Å². The summed E-state index contributed by atoms with van der Waals surface area (Å²) in [6.07, 6.45) is 2.85. The highest BCUT2D eigenvalue weighted by Gasteiger charge is 2.24. The van der Waals surface area contributed by atoms with Gasteiger partial charge in [0.15, 0.2) is 0 Å². The number of nitrogens with two attached hydrogens (primary N) is 1. The Morgan fingerprint density at radius 3 is 2.55 bits per heavy atom. The van der Waals surface area contributed by atoms with Crippen molar-refractivity contribution in [2.24, 2.45) is 5.73 Å². The van der Waals surface area contributed by atoms with Crippen LogP contribution in [0, 0.1) is 6.92 Å². The van der Waals surface area contributed by atoms with Gasteiger partial charge >= 0.3 is 0 Å². The van der Waals surface area contributed by atoms with Crippen molar-refractivity contribution in [2.45, 2.75) is 46.6 Å². The Balaban J connectivity index is 2.78. The third-order valence-electron chi connectivity index (χ3n) is 3.95. The molecule has 1 aromatic carbocycles. The van der Waals surface area contributed by atoms with Crippen LogP contribution in [0.15, 0.2) is 24.3 Å². The van der Waals surface area contributed by atoms with E-state index in [0.717, 1.165) is 48.3 Å². The maximum absolute atomic E-state index is 12.0. The summed E-state index contributed by atoms with van der Waals surface area (Å²) in [5, 5.41) is 9.78. The van der Waals surface area contributed by atoms with Gasteiger partial charge in [0.1, 0.15) is 5.75 Å². The molecule has 0 saturated carbocycles. The van der Waals surface area contributed by atoms with Crippen molar-refractivity contribution < 1.29 is 9.90 Å². The van der Waals surface area contributed by atoms with Gasteiger partial charge in [-0.05, 0) is 37.5 Å². The second-order valence-corrected chi connectivity index (χ2v) is 5.60. The maximum atomic E-state index is 12.0. The van der Waals surface area contributed by atoms with E-state index in [-0.39, 0.29) is 5.75 Å². The van der Waals surface area contributed by atoms with Crippen LogP contribution < -0.4 is 5.73 Å². The zero-order chi connectivity index (χ0) is 16.3. The van der Waals surface area contributed by atoms with Gasteiger partial charge in [-0.1, -0.05) is 32.4 Å². The average molecular weight is 300 g/mol. The van der Waals surface area contributed by atoms with Gasteiger partial charge in [-0.3, -0.25) is 4.79 Å². The fraction of sp³-hybridized carbons (Fsp3) is 0.389. The first kappa shape index (κ1) is 16.1. The minimum absolute atomic E-state index is 0.191. The topological polar surface area (TPSA) is 68.2 Å². The van der Waals surface area contributed by atoms with Crippen molar-refractivity contribution in [3.05, 3.63) is 41.2 Å². The summed E-state index contributed by atoms with van der Waals surface area (Å²) in [5.74, 6) is -0.223. The summed E-state index contributed by atoms with van der Waals surface area (Å²) in [6.45, 7) is 7.05. The molecular weight excluding hydrogens is 276 g/mol. The monoisotopic (exact) mass is 300 g/mol. The number of nitrogens with zero attached hydrogens (tertiary/aromatic N) is 1. The van der Waals surface area contributed by atoms with E-state index < -0.39 is 5.91 Å². The fourth-order valence-corrected chi connectivity index (χ4v) is 3.09. The standard InChI is InChI=1S/C18H24N2O2/c1-4-7-15-17(13-8-6-9-14(21)11-13)16(18(19)22)12(3)20(15)10-5-2/h6,8-9,11,21H,4-5,7,10H2,1-3H3,(H2,19,22). The highest BCUT2D eigenvalue weighted by atomic mass is 16.3. The first-order valence-corrected chi connectivity index (χ1v) is 7.82. The largest absolute Gasteiger partial charge is 0.508 e. The molecule has 2 aromatic rings. The zero-order valence-electron chi connectivity index (χ0n) is 13.5. The van der Waals surface area contributed by atoms with Crippen molar-refractivity contribution >= 4 is 5.91 Å². The number of amides is 1. The Kier molecular flexibility index (Phi) is 4.91. The molecule has 4 nitrogen and oxygen atoms in total. The van der Waals surface area contributed by atoms with Crippen molar-refractivity contribution in [1.82, 2.24) is 4.57 Å². The number of hydrogen-bond acceptors (Lipinski definition) is 2. The fourth-order valence-electron chi connectivity index (χ4n) is 3.09. The van der Waals surface area contributed by atoms with Gasteiger partial charge in [0, 0.05) is 23.5 Å². The molecule has 0 aliphatic heterocycles. The van der Waals surface area contributed by atoms with Gasteiger partial charge in [0.25, 0.3) is 5.91 Å². The van der Waals surface area contributed by atoms with Gasteiger partial charge in [-0.25, -0.2) is 0 Å². The van der Waals surface area contributed by atoms with E-state index in [1.807, 2.05) is 13.0 Å². The van der Waals surface area contributed by atoms with Crippen LogP contribution in [-0.4, -0.2) is 15.6 Å². The van der Waals surface area contributed by atoms with Crippen LogP contribution in [0.1, 0.15) is 48.4 Å². The van der Waals surface area contributed by atoms with E-state index in [1.54, 1.807) is 18.2 Å². The number of phenolic OH excluding ortho intramolecular Hbond substituents is 1. The summed E-state index contributed by atoms with van der Waals surface area (Å²) in [4.78, 5) is 12.0. The molecule has 0 saturated heterocycles. The molecule has 118 valence electrons. The Morgan fingerprint density at radius 2 is 2.00 bits per heavy atom. The number of rotatable bonds is 6. The zero-order valence-corrected chi connectivity index (χ0v) is 13.5. The number of carbonyl (C=O) groups excluding carboxylic acids is 1. The molecule has 0 aliphatic carbocycles. The van der Waals surface area contributed by atoms with Crippen LogP contribution in [-0.2, 0) is 13.0 Å². The lowest BCUT2D eigenvalue weighted by atomic mass is 9.98. The molecule has 0 unspecified atom stereocenters. The predicted molar refractivity (Wildman–Crippen MR) is 89.1 cm³/mol. The van der Waals surface area contributed by atoms with E-state index in [2.05, 4.69) is 18.4 Å². The Labute approximate surface area is 131 Å². The molecule has 2 rings (SSSR count). The smallest absolute Gasteiger partial charge is 0.251 e. The molecule has 0 bridgehead atoms. The van der Waals surface area contributed by atoms with E-state index in [4.69, 9.17) is 5.73 Å². The molecule has 0 aliphatic rings. The van der Waals surface area contributed by atoms with Crippen molar-refractivity contribution in [3.8, 4) is 16.9 Å². The molecule has 22 heavy (non-hydrogen) atoms. The van der Waals surface area contributed by atoms with E-state index >= 15 is 0 Å². The molecule has 0 spiro atoms. The molecule has 1 heterocycles. The number of carbonyl (C=O) groups is 1. The minimum atomic E-state index is -0.414. The van der Waals surface area contributed by atoms with E-state index in [0.29, 0.717) is 5.56 Å². The molecule has 4 heteroatoms. The number of phenols is 1. The van der Waals surface area contributed by atoms with Gasteiger partial charge in [-0.15, -0.1) is 0 Å². The maximum Gasteiger partial charge on any atom is 0.251 e. The van der Waals surface area contributed by atoms with Crippen LogP contribution in [0.5, 0.6) is 5.75 Å². The van der Waals surface area contributed by atoms with E-state index in [1.165, 1.54) is 0 Å². The molecular formula is C18H24N2O2. The molecule has 0 fully saturated rings. The number of benzene rings is 1. The lowest BCUT2D eigenvalue weighted by Gasteiger charge is -2.11. The SMILES string of the molecule is CCCc1c(-c2cccc(O)c2)c(C(N)=O)c(C)n1CCC. The van der Waals surface area contributed by atoms with Crippen molar-refractivity contribution in [1.29, 1.82) is 0 Å². The van der Waals surface area contributed by atoms with Crippen LogP contribution in [0.2, 0.25) is 0 Å². The van der Waals surface area contributed by atoms with Gasteiger partial charge in [0.2, 0.25) is 0 Å². The van der Waals surface area contributed by atoms with Gasteiger partial charge < -0.3 is 15.4 Å². The minimum Gasteiger partial charge on any atom is -0.508 e. The lowest BCUT2D eigenvalue weighted by molar-refractivity contribution is 0.1000. The summed E-state index contributed by atoms with van der Waals surface area (Å²) >= 11 is 0. The highest BCUT2D eigenvalue weighted by molar-refractivity contribution is 6.02. The second kappa shape index (κ2) is 6.69. The third-order valence-corrected chi connectivity index (χ3v) is 3.95. The lowest BCUT2D eigenvalue weighted by Crippen LogP contribution is -2.13. The Morgan fingerprint density at radius 1 is 1.27 bits per heavy atom. The summed E-state index contributed by atoms with van der Waals surface area (Å²) < 4.78 is 2.20. The number of primary amides is 1. The molecule has 1 amide bonds. The summed E-state index contributed by atoms with van der Waals surface area (Å²) in [7, 11) is 0. The normalized spacial score (nSPS) is 10.9. The van der Waals surface area contributed by atoms with Crippen LogP contribution in [0.3, 0.4) is 0 Å². The molecule has 0 radical (unpaired) electrons. The molecule has 3 N–H and O–H groups in total. The number of hydrogen-bond donors (Lipinski definition) is 2. The Bertz CT molecular complexity index is 687. The summed E-state index contributed by atoms with van der Waals surface area (Å²) in [6, 6.07) is 7.02. The number of aromatic hydroxyl groups is 1. The van der Waals surface area contributed by atoms with Crippen molar-refractivity contribution in [2.75, 3.05) is 0 Å². The van der Waals surface area contributed by atoms with Gasteiger partial charge in [-0.2, -0.15) is 0 Å². The van der Waals surface area contributed by atoms with Crippen LogP contribution in [0.25, 0.3) is 11.1 Å². The third kappa shape index (κ3) is 2.86. The predicted octanol–water partition coefficient (Wildman–Crippen LogP) is 3.63. The van der Waals surface area contributed by atoms with Crippen LogP contribution in [0.4, 0.5) is 0 Å². The molecule has 0 atom stereocenters. The number of aromatic nitrogens is 1. The van der Waals surface area contributed by atoms with E-state index in [9.17, 15) is 9.90 Å². The first-order chi connectivity index (χ1) is 10.5. The van der Waals surface area contributed by atoms with Gasteiger partial charge in [0.05, 0.1) is 5.56 Å². The Hall–Kier alpha value is -2.23. The molecule has 1 aromatic heterocycles. The quantitative estimate of drug-likeness (QED) is 0.855. The average Bonchev–Trinajstić information content (AvgIpc) is 2.73. The first-order valence-electron chi connectivity index (χ1n) is 7.82. The summed E-state index contributed by atoms with van der Waals surface area (Å²) in [5.41, 5.74) is 9.98.